The molecule has 9 nitrogen and oxygen atoms in total. The molecule has 0 unspecified atom stereocenters. The number of aromatic hydroxyl groups is 1. The minimum absolute atomic E-state index is 0.0827. The number of hydrogen-bond donors (Lipinski definition) is 7. The van der Waals surface area contributed by atoms with Crippen molar-refractivity contribution in [3.8, 4) is 16.9 Å². The molecule has 11 heteroatoms. The maximum Gasteiger partial charge on any atom is 0.174 e. The summed E-state index contributed by atoms with van der Waals surface area (Å²) in [5, 5.41) is 66.5. The largest absolute Gasteiger partial charge is 0.508 e. The highest BCUT2D eigenvalue weighted by Crippen LogP contribution is 2.42. The zero-order valence-corrected chi connectivity index (χ0v) is 26.8. The second kappa shape index (κ2) is 14.7. The van der Waals surface area contributed by atoms with Gasteiger partial charge in [0.1, 0.15) is 42.1 Å². The second-order valence-corrected chi connectivity index (χ2v) is 12.7. The Balaban J connectivity index is 1.22. The number of nitrogens with zero attached hydrogens (tertiary/aromatic N) is 1. The molecule has 6 rings (SSSR count). The highest BCUT2D eigenvalue weighted by atomic mass is 32.1. The van der Waals surface area contributed by atoms with Crippen molar-refractivity contribution in [3.63, 3.8) is 0 Å². The molecule has 0 radical (unpaired) electrons. The van der Waals surface area contributed by atoms with Crippen molar-refractivity contribution < 1.29 is 39.8 Å². The standard InChI is InChI=1S/C37H39FN2O7S/c38-25-16-13-22(14-17-25)29(42)8-4-7-28-32(40(37(48)39-28)26-5-2-1-3-6-26)27-18-15-24(19-30(27)43)21-9-11-23(12-10-21)36-35(46)34(45)33(44)31(20-41)47-36/h1-3,5-6,9-19,28-29,31-36,41-46H,4,7-8,20H2,(H,39,48)/t28-,29-,31-,32-,33-,34+,35-,36+/m1/s1. The Bertz CT molecular complexity index is 1690. The molecule has 0 saturated carbocycles. The summed E-state index contributed by atoms with van der Waals surface area (Å²) in [5.41, 5.74) is 4.31. The smallest absolute Gasteiger partial charge is 0.174 e. The van der Waals surface area contributed by atoms with E-state index in [1.54, 1.807) is 30.3 Å². The number of para-hydroxylation sites is 1. The number of ether oxygens (including phenoxy) is 1. The van der Waals surface area contributed by atoms with Crippen LogP contribution in [-0.2, 0) is 4.74 Å². The van der Waals surface area contributed by atoms with Crippen LogP contribution in [-0.4, -0.2) is 72.8 Å². The van der Waals surface area contributed by atoms with Gasteiger partial charge in [-0.15, -0.1) is 0 Å². The molecule has 8 atom stereocenters. The third kappa shape index (κ3) is 6.94. The van der Waals surface area contributed by atoms with Crippen molar-refractivity contribution in [3.05, 3.63) is 120 Å². The van der Waals surface area contributed by atoms with Crippen LogP contribution < -0.4 is 10.2 Å². The van der Waals surface area contributed by atoms with Crippen LogP contribution in [0.25, 0.3) is 11.1 Å². The Hall–Kier alpha value is -3.94. The summed E-state index contributed by atoms with van der Waals surface area (Å²) >= 11 is 5.79. The van der Waals surface area contributed by atoms with E-state index in [1.807, 2.05) is 59.5 Å². The van der Waals surface area contributed by atoms with Crippen molar-refractivity contribution in [2.75, 3.05) is 11.5 Å². The molecule has 7 N–H and O–H groups in total. The third-order valence-electron chi connectivity index (χ3n) is 9.28. The van der Waals surface area contributed by atoms with Gasteiger partial charge in [-0.2, -0.15) is 0 Å². The van der Waals surface area contributed by atoms with Crippen molar-refractivity contribution in [2.24, 2.45) is 0 Å². The third-order valence-corrected chi connectivity index (χ3v) is 9.60. The van der Waals surface area contributed by atoms with Gasteiger partial charge in [0.05, 0.1) is 24.8 Å². The Kier molecular flexibility index (Phi) is 10.4. The summed E-state index contributed by atoms with van der Waals surface area (Å²) < 4.78 is 19.0. The molecule has 2 fully saturated rings. The SMILES string of the molecule is OC[C@H]1O[C@@H](c2ccc(-c3ccc([C@@H]4[C@@H](CCC[C@@H](O)c5ccc(F)cc5)NC(=S)N4c4ccccc4)c(O)c3)cc2)[C@H](O)[C@@H](O)[C@@H]1O. The molecular formula is C37H39FN2O7S. The van der Waals surface area contributed by atoms with Crippen LogP contribution in [0.2, 0.25) is 0 Å². The lowest BCUT2D eigenvalue weighted by molar-refractivity contribution is -0.231. The number of aliphatic hydroxyl groups excluding tert-OH is 5. The summed E-state index contributed by atoms with van der Waals surface area (Å²) in [6, 6.07) is 27.6. The monoisotopic (exact) mass is 674 g/mol. The van der Waals surface area contributed by atoms with Crippen LogP contribution in [0.1, 0.15) is 54.2 Å². The van der Waals surface area contributed by atoms with E-state index >= 15 is 0 Å². The summed E-state index contributed by atoms with van der Waals surface area (Å²) in [6.07, 6.45) is -5.20. The van der Waals surface area contributed by atoms with Crippen LogP contribution in [0.5, 0.6) is 5.75 Å². The van der Waals surface area contributed by atoms with Crippen LogP contribution in [0.15, 0.2) is 97.1 Å². The average Bonchev–Trinajstić information content (AvgIpc) is 3.43. The van der Waals surface area contributed by atoms with Gasteiger partial charge in [-0.05, 0) is 84.1 Å². The van der Waals surface area contributed by atoms with Crippen molar-refractivity contribution in [2.45, 2.75) is 68.0 Å². The molecule has 0 aromatic heterocycles. The molecule has 0 amide bonds. The minimum atomic E-state index is -1.47. The van der Waals surface area contributed by atoms with E-state index in [9.17, 15) is 35.0 Å². The van der Waals surface area contributed by atoms with Gasteiger partial charge >= 0.3 is 0 Å². The molecule has 2 aliphatic rings. The van der Waals surface area contributed by atoms with Crippen LogP contribution in [0, 0.1) is 5.82 Å². The van der Waals surface area contributed by atoms with E-state index < -0.39 is 43.2 Å². The number of benzene rings is 4. The lowest BCUT2D eigenvalue weighted by Crippen LogP contribution is -2.55. The fourth-order valence-electron chi connectivity index (χ4n) is 6.66. The highest BCUT2D eigenvalue weighted by molar-refractivity contribution is 7.80. The number of phenols is 1. The molecule has 2 aliphatic heterocycles. The second-order valence-electron chi connectivity index (χ2n) is 12.3. The number of nitrogens with one attached hydrogen (secondary N) is 1. The molecule has 4 aromatic carbocycles. The van der Waals surface area contributed by atoms with Gasteiger partial charge in [-0.3, -0.25) is 0 Å². The van der Waals surface area contributed by atoms with Crippen molar-refractivity contribution in [1.29, 1.82) is 0 Å². The predicted molar refractivity (Wildman–Crippen MR) is 183 cm³/mol. The Labute approximate surface area is 283 Å². The molecule has 0 bridgehead atoms. The first kappa shape index (κ1) is 33.9. The van der Waals surface area contributed by atoms with Gasteiger partial charge in [-0.25, -0.2) is 4.39 Å². The summed E-state index contributed by atoms with van der Waals surface area (Å²) in [4.78, 5) is 2.00. The van der Waals surface area contributed by atoms with E-state index in [-0.39, 0.29) is 23.7 Å². The maximum atomic E-state index is 13.4. The Morgan fingerprint density at radius 3 is 2.21 bits per heavy atom. The Morgan fingerprint density at radius 1 is 0.854 bits per heavy atom. The van der Waals surface area contributed by atoms with Gasteiger partial charge < -0.3 is 45.6 Å². The fourth-order valence-corrected chi connectivity index (χ4v) is 7.03. The number of thiocarbonyl (C=S) groups is 1. The van der Waals surface area contributed by atoms with Gasteiger partial charge in [0.2, 0.25) is 0 Å². The van der Waals surface area contributed by atoms with Crippen molar-refractivity contribution in [1.82, 2.24) is 5.32 Å². The zero-order valence-electron chi connectivity index (χ0n) is 26.0. The quantitative estimate of drug-likeness (QED) is 0.121. The number of hydrogen-bond acceptors (Lipinski definition) is 8. The lowest BCUT2D eigenvalue weighted by Gasteiger charge is -2.40. The first-order chi connectivity index (χ1) is 23.2. The van der Waals surface area contributed by atoms with E-state index in [0.717, 1.165) is 16.8 Å². The molecular weight excluding hydrogens is 635 g/mol. The van der Waals surface area contributed by atoms with Crippen molar-refractivity contribution >= 4 is 23.0 Å². The number of rotatable bonds is 10. The summed E-state index contributed by atoms with van der Waals surface area (Å²) in [6.45, 7) is -0.507. The summed E-state index contributed by atoms with van der Waals surface area (Å²) in [5.74, 6) is -0.270. The first-order valence-corrected chi connectivity index (χ1v) is 16.4. The maximum absolute atomic E-state index is 13.4. The first-order valence-electron chi connectivity index (χ1n) is 16.0. The predicted octanol–water partition coefficient (Wildman–Crippen LogP) is 4.42. The summed E-state index contributed by atoms with van der Waals surface area (Å²) in [7, 11) is 0. The molecule has 252 valence electrons. The molecule has 2 saturated heterocycles. The van der Waals surface area contributed by atoms with E-state index in [2.05, 4.69) is 5.32 Å². The molecule has 48 heavy (non-hydrogen) atoms. The highest BCUT2D eigenvalue weighted by Gasteiger charge is 2.44. The van der Waals surface area contributed by atoms with E-state index in [4.69, 9.17) is 17.0 Å². The molecule has 0 aliphatic carbocycles. The van der Waals surface area contributed by atoms with Gasteiger partial charge in [0, 0.05) is 11.3 Å². The fraction of sp³-hybridized carbons (Fsp3) is 0.324. The number of halogens is 1. The number of aliphatic hydroxyl groups is 5. The lowest BCUT2D eigenvalue weighted by atomic mass is 9.90. The topological polar surface area (TPSA) is 146 Å². The average molecular weight is 675 g/mol. The normalized spacial score (nSPS) is 26.3. The van der Waals surface area contributed by atoms with Crippen LogP contribution in [0.3, 0.4) is 0 Å². The number of phenolic OH excluding ortho intramolecular Hbond substituents is 1. The van der Waals surface area contributed by atoms with Gasteiger partial charge in [0.25, 0.3) is 0 Å². The molecule has 4 aromatic rings. The van der Waals surface area contributed by atoms with E-state index in [0.29, 0.717) is 41.1 Å². The number of anilines is 1. The van der Waals surface area contributed by atoms with E-state index in [1.165, 1.54) is 12.1 Å². The van der Waals surface area contributed by atoms with Crippen LogP contribution in [0.4, 0.5) is 10.1 Å². The van der Waals surface area contributed by atoms with Gasteiger partial charge in [0.15, 0.2) is 5.11 Å². The Morgan fingerprint density at radius 2 is 1.54 bits per heavy atom. The molecule has 2 heterocycles. The van der Waals surface area contributed by atoms with Crippen LogP contribution >= 0.6 is 12.2 Å². The van der Waals surface area contributed by atoms with Gasteiger partial charge in [-0.1, -0.05) is 66.7 Å². The molecule has 0 spiro atoms. The zero-order chi connectivity index (χ0) is 33.9. The minimum Gasteiger partial charge on any atom is -0.508 e.